The summed E-state index contributed by atoms with van der Waals surface area (Å²) in [7, 11) is 0. The SMILES string of the molecule is CCC1CCC2(CC1)NC(=O)N(CC(=O)N(Cc1c(F)cccc1Cl)C1CC1)C2=O. The smallest absolute Gasteiger partial charge is 0.325 e. The van der Waals surface area contributed by atoms with Crippen molar-refractivity contribution in [2.24, 2.45) is 5.92 Å². The highest BCUT2D eigenvalue weighted by Crippen LogP contribution is 2.38. The van der Waals surface area contributed by atoms with Gasteiger partial charge in [0.05, 0.1) is 6.54 Å². The van der Waals surface area contributed by atoms with Crippen molar-refractivity contribution in [3.8, 4) is 0 Å². The molecule has 1 N–H and O–H groups in total. The fourth-order valence-corrected chi connectivity index (χ4v) is 4.85. The zero-order chi connectivity index (χ0) is 21.5. The summed E-state index contributed by atoms with van der Waals surface area (Å²) in [5.41, 5.74) is -0.617. The molecule has 0 unspecified atom stereocenters. The number of nitrogens with one attached hydrogen (secondary N) is 1. The number of hydrogen-bond acceptors (Lipinski definition) is 3. The number of halogens is 2. The van der Waals surface area contributed by atoms with Gasteiger partial charge in [0.2, 0.25) is 5.91 Å². The van der Waals surface area contributed by atoms with Crippen LogP contribution in [0.3, 0.4) is 0 Å². The Morgan fingerprint density at radius 3 is 2.57 bits per heavy atom. The zero-order valence-corrected chi connectivity index (χ0v) is 17.9. The first-order valence-electron chi connectivity index (χ1n) is 10.7. The molecule has 4 amide bonds. The van der Waals surface area contributed by atoms with E-state index < -0.39 is 17.4 Å². The van der Waals surface area contributed by atoms with E-state index in [0.29, 0.717) is 18.8 Å². The van der Waals surface area contributed by atoms with Crippen LogP contribution >= 0.6 is 11.6 Å². The van der Waals surface area contributed by atoms with Crippen molar-refractivity contribution in [3.63, 3.8) is 0 Å². The summed E-state index contributed by atoms with van der Waals surface area (Å²) in [6, 6.07) is 3.89. The summed E-state index contributed by atoms with van der Waals surface area (Å²) in [5, 5.41) is 3.12. The minimum atomic E-state index is -0.873. The molecule has 0 aromatic heterocycles. The van der Waals surface area contributed by atoms with E-state index in [2.05, 4.69) is 12.2 Å². The maximum absolute atomic E-state index is 14.2. The van der Waals surface area contributed by atoms with Crippen molar-refractivity contribution < 1.29 is 18.8 Å². The molecule has 6 nitrogen and oxygen atoms in total. The predicted molar refractivity (Wildman–Crippen MR) is 110 cm³/mol. The summed E-state index contributed by atoms with van der Waals surface area (Å²) in [4.78, 5) is 41.3. The number of rotatable bonds is 6. The number of nitrogens with zero attached hydrogens (tertiary/aromatic N) is 2. The largest absolute Gasteiger partial charge is 0.334 e. The van der Waals surface area contributed by atoms with E-state index in [1.165, 1.54) is 12.1 Å². The highest BCUT2D eigenvalue weighted by atomic mass is 35.5. The zero-order valence-electron chi connectivity index (χ0n) is 17.1. The lowest BCUT2D eigenvalue weighted by molar-refractivity contribution is -0.140. The van der Waals surface area contributed by atoms with Crippen LogP contribution in [0.5, 0.6) is 0 Å². The van der Waals surface area contributed by atoms with Crippen molar-refractivity contribution >= 4 is 29.4 Å². The van der Waals surface area contributed by atoms with E-state index >= 15 is 0 Å². The third-order valence-corrected chi connectivity index (χ3v) is 7.13. The van der Waals surface area contributed by atoms with Crippen LogP contribution in [0.15, 0.2) is 18.2 Å². The Bertz CT molecular complexity index is 845. The second kappa shape index (κ2) is 8.17. The van der Waals surface area contributed by atoms with Gasteiger partial charge in [-0.05, 0) is 56.6 Å². The highest BCUT2D eigenvalue weighted by Gasteiger charge is 2.53. The molecule has 4 rings (SSSR count). The number of carbonyl (C=O) groups is 3. The third-order valence-electron chi connectivity index (χ3n) is 6.77. The normalized spacial score (nSPS) is 26.2. The summed E-state index contributed by atoms with van der Waals surface area (Å²) < 4.78 is 14.2. The summed E-state index contributed by atoms with van der Waals surface area (Å²) >= 11 is 6.13. The second-order valence-electron chi connectivity index (χ2n) is 8.71. The van der Waals surface area contributed by atoms with Crippen LogP contribution in [0.1, 0.15) is 57.4 Å². The van der Waals surface area contributed by atoms with Crippen LogP contribution in [0.25, 0.3) is 0 Å². The van der Waals surface area contributed by atoms with Gasteiger partial charge in [0.15, 0.2) is 0 Å². The van der Waals surface area contributed by atoms with Gasteiger partial charge in [0.1, 0.15) is 17.9 Å². The van der Waals surface area contributed by atoms with Gasteiger partial charge >= 0.3 is 6.03 Å². The Hall–Kier alpha value is -2.15. The Kier molecular flexibility index (Phi) is 5.75. The molecule has 162 valence electrons. The van der Waals surface area contributed by atoms with E-state index in [4.69, 9.17) is 11.6 Å². The standard InChI is InChI=1S/C22H27ClFN3O3/c1-2-14-8-10-22(11-9-14)20(29)27(21(30)25-22)13-19(28)26(15-6-7-15)12-16-17(23)4-3-5-18(16)24/h3-5,14-15H,2,6-13H2,1H3,(H,25,30). The van der Waals surface area contributed by atoms with Gasteiger partial charge in [0.25, 0.3) is 5.91 Å². The topological polar surface area (TPSA) is 69.7 Å². The number of benzene rings is 1. The first-order chi connectivity index (χ1) is 14.3. The van der Waals surface area contributed by atoms with E-state index in [1.807, 2.05) is 0 Å². The molecular formula is C22H27ClFN3O3. The van der Waals surface area contributed by atoms with Crippen LogP contribution in [-0.2, 0) is 16.1 Å². The lowest BCUT2D eigenvalue weighted by atomic mass is 9.75. The highest BCUT2D eigenvalue weighted by molar-refractivity contribution is 6.31. The van der Waals surface area contributed by atoms with Gasteiger partial charge in [0, 0.05) is 16.6 Å². The molecule has 0 bridgehead atoms. The summed E-state index contributed by atoms with van der Waals surface area (Å²) in [6.07, 6.45) is 5.71. The molecule has 0 atom stereocenters. The molecule has 8 heteroatoms. The maximum atomic E-state index is 14.2. The Balaban J connectivity index is 1.47. The van der Waals surface area contributed by atoms with E-state index in [0.717, 1.165) is 37.0 Å². The van der Waals surface area contributed by atoms with Gasteiger partial charge in [-0.15, -0.1) is 0 Å². The molecule has 2 aliphatic carbocycles. The van der Waals surface area contributed by atoms with Crippen LogP contribution in [0.2, 0.25) is 5.02 Å². The van der Waals surface area contributed by atoms with E-state index in [9.17, 15) is 18.8 Å². The van der Waals surface area contributed by atoms with Gasteiger partial charge in [-0.1, -0.05) is 31.0 Å². The molecule has 1 heterocycles. The minimum absolute atomic E-state index is 0.0112. The van der Waals surface area contributed by atoms with E-state index in [1.54, 1.807) is 11.0 Å². The monoisotopic (exact) mass is 435 g/mol. The number of carbonyl (C=O) groups excluding carboxylic acids is 3. The van der Waals surface area contributed by atoms with Crippen LogP contribution in [0, 0.1) is 11.7 Å². The molecule has 3 fully saturated rings. The molecule has 1 spiro atoms. The molecule has 1 saturated heterocycles. The first kappa shape index (κ1) is 21.1. The van der Waals surface area contributed by atoms with Gasteiger partial charge < -0.3 is 10.2 Å². The lowest BCUT2D eigenvalue weighted by Crippen LogP contribution is -2.50. The lowest BCUT2D eigenvalue weighted by Gasteiger charge is -2.34. The first-order valence-corrected chi connectivity index (χ1v) is 11.1. The molecule has 0 radical (unpaired) electrons. The Morgan fingerprint density at radius 2 is 1.97 bits per heavy atom. The number of urea groups is 1. The summed E-state index contributed by atoms with van der Waals surface area (Å²) in [5.74, 6) is -0.566. The predicted octanol–water partition coefficient (Wildman–Crippen LogP) is 3.86. The Morgan fingerprint density at radius 1 is 1.27 bits per heavy atom. The van der Waals surface area contributed by atoms with E-state index in [-0.39, 0.29) is 41.5 Å². The number of imide groups is 1. The number of amides is 4. The minimum Gasteiger partial charge on any atom is -0.334 e. The van der Waals surface area contributed by atoms with Crippen molar-refractivity contribution in [1.29, 1.82) is 0 Å². The van der Waals surface area contributed by atoms with Crippen molar-refractivity contribution in [2.45, 2.75) is 70.0 Å². The number of hydrogen-bond donors (Lipinski definition) is 1. The quantitative estimate of drug-likeness (QED) is 0.690. The molecule has 3 aliphatic rings. The molecule has 2 saturated carbocycles. The van der Waals surface area contributed by atoms with Gasteiger partial charge in [-0.3, -0.25) is 14.5 Å². The third kappa shape index (κ3) is 3.92. The van der Waals surface area contributed by atoms with Crippen molar-refractivity contribution in [1.82, 2.24) is 15.1 Å². The van der Waals surface area contributed by atoms with Crippen molar-refractivity contribution in [2.75, 3.05) is 6.54 Å². The van der Waals surface area contributed by atoms with Gasteiger partial charge in [-0.2, -0.15) is 0 Å². The second-order valence-corrected chi connectivity index (χ2v) is 9.12. The maximum Gasteiger partial charge on any atom is 0.325 e. The average molecular weight is 436 g/mol. The van der Waals surface area contributed by atoms with Crippen LogP contribution < -0.4 is 5.32 Å². The average Bonchev–Trinajstić information content (AvgIpc) is 3.53. The van der Waals surface area contributed by atoms with Gasteiger partial charge in [-0.25, -0.2) is 9.18 Å². The van der Waals surface area contributed by atoms with Crippen LogP contribution in [0.4, 0.5) is 9.18 Å². The molecule has 1 aromatic rings. The summed E-state index contributed by atoms with van der Waals surface area (Å²) in [6.45, 7) is 1.84. The Labute approximate surface area is 180 Å². The fraction of sp³-hybridized carbons (Fsp3) is 0.591. The molecular weight excluding hydrogens is 409 g/mol. The van der Waals surface area contributed by atoms with Crippen molar-refractivity contribution in [3.05, 3.63) is 34.6 Å². The fourth-order valence-electron chi connectivity index (χ4n) is 4.62. The molecule has 30 heavy (non-hydrogen) atoms. The van der Waals surface area contributed by atoms with Crippen LogP contribution in [-0.4, -0.2) is 45.8 Å². The molecule has 1 aromatic carbocycles. The molecule has 1 aliphatic heterocycles.